The molecular weight excluding hydrogens is 356 g/mol. The molecule has 0 bridgehead atoms. The number of hydrogen-bond donors (Lipinski definition) is 1. The summed E-state index contributed by atoms with van der Waals surface area (Å²) in [5.74, 6) is 0.132. The van der Waals surface area contributed by atoms with Crippen molar-refractivity contribution < 1.29 is 13.5 Å². The van der Waals surface area contributed by atoms with Gasteiger partial charge < -0.3 is 10.5 Å². The third-order valence-corrected chi connectivity index (χ3v) is 2.80. The molecule has 0 unspecified atom stereocenters. The minimum Gasteiger partial charge on any atom is -0.470 e. The van der Waals surface area contributed by atoms with Crippen LogP contribution in [0.5, 0.6) is 5.88 Å². The SMILES string of the molecule is CC.CF.Cc1ccc(F)cc1COc1nc(Br)cnc1N. The molecule has 1 aromatic carbocycles. The molecule has 0 radical (unpaired) electrons. The predicted octanol–water partition coefficient (Wildman–Crippen LogP) is 4.46. The van der Waals surface area contributed by atoms with E-state index >= 15 is 0 Å². The van der Waals surface area contributed by atoms with E-state index in [2.05, 4.69) is 25.9 Å². The van der Waals surface area contributed by atoms with Crippen molar-refractivity contribution in [3.63, 3.8) is 0 Å². The van der Waals surface area contributed by atoms with Gasteiger partial charge in [0.15, 0.2) is 5.82 Å². The quantitative estimate of drug-likeness (QED) is 0.859. The summed E-state index contributed by atoms with van der Waals surface area (Å²) in [5.41, 5.74) is 7.32. The second kappa shape index (κ2) is 10.9. The Morgan fingerprint density at radius 1 is 1.27 bits per heavy atom. The first-order valence-electron chi connectivity index (χ1n) is 6.60. The number of rotatable bonds is 3. The molecule has 0 aliphatic heterocycles. The van der Waals surface area contributed by atoms with E-state index < -0.39 is 0 Å². The van der Waals surface area contributed by atoms with Crippen LogP contribution in [0.15, 0.2) is 29.0 Å². The molecule has 0 aliphatic rings. The van der Waals surface area contributed by atoms with Gasteiger partial charge in [0, 0.05) is 0 Å². The van der Waals surface area contributed by atoms with Crippen LogP contribution in [0, 0.1) is 12.7 Å². The van der Waals surface area contributed by atoms with Crippen LogP contribution in [0.3, 0.4) is 0 Å². The fourth-order valence-electron chi connectivity index (χ4n) is 1.41. The van der Waals surface area contributed by atoms with Crippen LogP contribution in [0.1, 0.15) is 25.0 Å². The summed E-state index contributed by atoms with van der Waals surface area (Å²) in [4.78, 5) is 7.95. The van der Waals surface area contributed by atoms with Gasteiger partial charge in [-0.3, -0.25) is 4.39 Å². The lowest BCUT2D eigenvalue weighted by molar-refractivity contribution is 0.292. The van der Waals surface area contributed by atoms with Gasteiger partial charge in [-0.25, -0.2) is 14.4 Å². The first-order valence-corrected chi connectivity index (χ1v) is 7.39. The van der Waals surface area contributed by atoms with Crippen LogP contribution < -0.4 is 10.5 Å². The topological polar surface area (TPSA) is 61.0 Å². The largest absolute Gasteiger partial charge is 0.470 e. The van der Waals surface area contributed by atoms with Gasteiger partial charge in [-0.2, -0.15) is 0 Å². The van der Waals surface area contributed by atoms with Crippen molar-refractivity contribution in [1.82, 2.24) is 9.97 Å². The van der Waals surface area contributed by atoms with Crippen molar-refractivity contribution >= 4 is 21.7 Å². The lowest BCUT2D eigenvalue weighted by Crippen LogP contribution is -2.04. The number of alkyl halides is 1. The van der Waals surface area contributed by atoms with Crippen molar-refractivity contribution in [3.8, 4) is 5.88 Å². The maximum atomic E-state index is 13.1. The van der Waals surface area contributed by atoms with Gasteiger partial charge in [-0.1, -0.05) is 19.9 Å². The summed E-state index contributed by atoms with van der Waals surface area (Å²) in [6.45, 7) is 6.08. The minimum absolute atomic E-state index is 0.193. The molecule has 0 saturated heterocycles. The molecule has 7 heteroatoms. The number of aromatic nitrogens is 2. The zero-order valence-electron chi connectivity index (χ0n) is 13.0. The van der Waals surface area contributed by atoms with Gasteiger partial charge in [0.2, 0.25) is 0 Å². The monoisotopic (exact) mass is 375 g/mol. The molecule has 4 nitrogen and oxygen atoms in total. The minimum atomic E-state index is -0.299. The molecule has 0 saturated carbocycles. The highest BCUT2D eigenvalue weighted by atomic mass is 79.9. The van der Waals surface area contributed by atoms with E-state index in [-0.39, 0.29) is 24.1 Å². The Morgan fingerprint density at radius 3 is 2.55 bits per heavy atom. The van der Waals surface area contributed by atoms with Crippen LogP contribution in [-0.2, 0) is 6.61 Å². The molecule has 0 amide bonds. The Balaban J connectivity index is 0.00000102. The summed E-state index contributed by atoms with van der Waals surface area (Å²) in [6, 6.07) is 4.53. The summed E-state index contributed by atoms with van der Waals surface area (Å²) < 4.78 is 28.6. The van der Waals surface area contributed by atoms with E-state index in [0.717, 1.165) is 11.1 Å². The Morgan fingerprint density at radius 2 is 1.91 bits per heavy atom. The van der Waals surface area contributed by atoms with Crippen molar-refractivity contribution in [2.24, 2.45) is 0 Å². The Kier molecular flexibility index (Phi) is 10.0. The normalized spacial score (nSPS) is 9.05. The molecule has 1 heterocycles. The molecule has 22 heavy (non-hydrogen) atoms. The summed E-state index contributed by atoms with van der Waals surface area (Å²) >= 11 is 3.18. The van der Waals surface area contributed by atoms with Gasteiger partial charge in [0.25, 0.3) is 5.88 Å². The summed E-state index contributed by atoms with van der Waals surface area (Å²) in [5, 5.41) is 0. The number of nitrogens with zero attached hydrogens (tertiary/aromatic N) is 2. The second-order valence-corrected chi connectivity index (χ2v) is 4.56. The Bertz CT molecular complexity index is 531. The fourth-order valence-corrected chi connectivity index (χ4v) is 1.67. The Hall–Kier alpha value is -1.76. The smallest absolute Gasteiger partial charge is 0.258 e. The third kappa shape index (κ3) is 6.34. The average molecular weight is 376 g/mol. The highest BCUT2D eigenvalue weighted by Gasteiger charge is 2.07. The van der Waals surface area contributed by atoms with Crippen LogP contribution >= 0.6 is 15.9 Å². The predicted molar refractivity (Wildman–Crippen MR) is 88.0 cm³/mol. The van der Waals surface area contributed by atoms with Gasteiger partial charge in [-0.05, 0) is 46.1 Å². The molecular formula is C15H20BrF2N3O. The van der Waals surface area contributed by atoms with E-state index in [1.54, 1.807) is 6.07 Å². The standard InChI is InChI=1S/C12H11BrFN3O.C2H6.CH3F/c1-7-2-3-9(14)4-8(7)6-18-12-11(15)16-5-10(13)17-12;2*1-2/h2-5H,6H2,1H3,(H2,15,16);1-2H3;1H3. The number of nitrogen functional groups attached to an aromatic ring is 1. The maximum absolute atomic E-state index is 13.1. The van der Waals surface area contributed by atoms with Gasteiger partial charge in [-0.15, -0.1) is 0 Å². The molecule has 2 N–H and O–H groups in total. The molecule has 122 valence electrons. The number of hydrogen-bond acceptors (Lipinski definition) is 4. The number of benzene rings is 1. The number of ether oxygens (including phenoxy) is 1. The van der Waals surface area contributed by atoms with Crippen molar-refractivity contribution in [1.29, 1.82) is 0 Å². The third-order valence-electron chi connectivity index (χ3n) is 2.41. The molecule has 0 spiro atoms. The van der Waals surface area contributed by atoms with Gasteiger partial charge >= 0.3 is 0 Å². The average Bonchev–Trinajstić information content (AvgIpc) is 2.55. The Labute approximate surface area is 137 Å². The second-order valence-electron chi connectivity index (χ2n) is 3.74. The van der Waals surface area contributed by atoms with E-state index in [1.807, 2.05) is 20.8 Å². The van der Waals surface area contributed by atoms with Crippen LogP contribution in [0.4, 0.5) is 14.6 Å². The number of nitrogens with two attached hydrogens (primary N) is 1. The van der Waals surface area contributed by atoms with Gasteiger partial charge in [0.05, 0.1) is 13.4 Å². The molecule has 0 fully saturated rings. The molecule has 2 rings (SSSR count). The van der Waals surface area contributed by atoms with E-state index in [1.165, 1.54) is 18.3 Å². The highest BCUT2D eigenvalue weighted by Crippen LogP contribution is 2.20. The van der Waals surface area contributed by atoms with Crippen LogP contribution in [0.25, 0.3) is 0 Å². The lowest BCUT2D eigenvalue weighted by atomic mass is 10.1. The number of halogens is 3. The molecule has 1 aromatic heterocycles. The van der Waals surface area contributed by atoms with Crippen molar-refractivity contribution in [2.45, 2.75) is 27.4 Å². The van der Waals surface area contributed by atoms with Gasteiger partial charge in [0.1, 0.15) is 17.0 Å². The molecule has 2 aromatic rings. The zero-order chi connectivity index (χ0) is 17.1. The number of anilines is 1. The van der Waals surface area contributed by atoms with Crippen LogP contribution in [0.2, 0.25) is 0 Å². The highest BCUT2D eigenvalue weighted by molar-refractivity contribution is 9.10. The zero-order valence-corrected chi connectivity index (χ0v) is 14.6. The van der Waals surface area contributed by atoms with Crippen LogP contribution in [-0.4, -0.2) is 17.1 Å². The summed E-state index contributed by atoms with van der Waals surface area (Å²) in [6.07, 6.45) is 1.48. The molecule has 0 atom stereocenters. The molecule has 0 aliphatic carbocycles. The lowest BCUT2D eigenvalue weighted by Gasteiger charge is -2.09. The number of aryl methyl sites for hydroxylation is 1. The van der Waals surface area contributed by atoms with E-state index in [0.29, 0.717) is 11.8 Å². The maximum Gasteiger partial charge on any atom is 0.258 e. The van der Waals surface area contributed by atoms with E-state index in [9.17, 15) is 8.78 Å². The van der Waals surface area contributed by atoms with E-state index in [4.69, 9.17) is 10.5 Å². The first-order chi connectivity index (χ1) is 10.6. The first kappa shape index (κ1) is 20.2. The summed E-state index contributed by atoms with van der Waals surface area (Å²) in [7, 11) is 0.500. The fraction of sp³-hybridized carbons (Fsp3) is 0.333. The van der Waals surface area contributed by atoms with Crippen molar-refractivity contribution in [2.75, 3.05) is 12.9 Å². The van der Waals surface area contributed by atoms with Crippen molar-refractivity contribution in [3.05, 3.63) is 45.9 Å².